The van der Waals surface area contributed by atoms with Crippen molar-refractivity contribution >= 4 is 23.3 Å². The summed E-state index contributed by atoms with van der Waals surface area (Å²) in [6.45, 7) is 1.48. The molecule has 1 saturated carbocycles. The third-order valence-electron chi connectivity index (χ3n) is 7.85. The fourth-order valence-electron chi connectivity index (χ4n) is 5.67. The van der Waals surface area contributed by atoms with Crippen LogP contribution in [0.1, 0.15) is 47.2 Å². The number of carbonyl (C=O) groups excluding carboxylic acids is 1. The Balaban J connectivity index is 1.58. The molecule has 2 aliphatic carbocycles. The first-order valence-corrected chi connectivity index (χ1v) is 12.0. The van der Waals surface area contributed by atoms with Crippen LogP contribution in [0.2, 0.25) is 5.02 Å². The number of hydrogen-bond donors (Lipinski definition) is 1. The normalized spacial score (nSPS) is 27.1. The van der Waals surface area contributed by atoms with Gasteiger partial charge in [0.25, 0.3) is 5.92 Å². The SMILES string of the molecule is COC(=O)c1ccc2c(c1)N(C[C@@H]1CC[C@H]1CO)C[C@@]1(CCC(F)(F)c3cc(Cl)ccc31)CO2. The van der Waals surface area contributed by atoms with E-state index in [9.17, 15) is 18.7 Å². The van der Waals surface area contributed by atoms with Crippen LogP contribution in [0.5, 0.6) is 5.75 Å². The lowest BCUT2D eigenvalue weighted by molar-refractivity contribution is -0.0361. The maximum absolute atomic E-state index is 14.9. The molecule has 34 heavy (non-hydrogen) atoms. The van der Waals surface area contributed by atoms with Gasteiger partial charge in [0.1, 0.15) is 5.75 Å². The molecule has 1 N–H and O–H groups in total. The number of benzene rings is 2. The average molecular weight is 492 g/mol. The minimum Gasteiger partial charge on any atom is -0.490 e. The van der Waals surface area contributed by atoms with Crippen molar-refractivity contribution in [3.8, 4) is 5.75 Å². The van der Waals surface area contributed by atoms with Crippen molar-refractivity contribution in [2.45, 2.75) is 37.0 Å². The molecule has 3 atom stereocenters. The number of halogens is 3. The molecule has 0 unspecified atom stereocenters. The Morgan fingerprint density at radius 3 is 2.68 bits per heavy atom. The van der Waals surface area contributed by atoms with Crippen LogP contribution in [-0.2, 0) is 16.1 Å². The smallest absolute Gasteiger partial charge is 0.337 e. The van der Waals surface area contributed by atoms with E-state index in [4.69, 9.17) is 21.1 Å². The lowest BCUT2D eigenvalue weighted by atomic mass is 9.68. The standard InChI is InChI=1S/C26H28ClF2NO4/c1-33-24(32)16-4-7-23-22(10-16)30(12-17-2-3-18(17)13-31)14-25(15-34-23)8-9-26(28,29)21-11-19(27)5-6-20(21)25/h4-7,10-11,17-18,31H,2-3,8-9,12-15H2,1H3/t17-,18-,25-/m0/s1. The summed E-state index contributed by atoms with van der Waals surface area (Å²) in [4.78, 5) is 14.4. The molecule has 0 aromatic heterocycles. The molecule has 1 heterocycles. The van der Waals surface area contributed by atoms with Crippen LogP contribution in [0, 0.1) is 11.8 Å². The number of hydrogen-bond acceptors (Lipinski definition) is 5. The van der Waals surface area contributed by atoms with Crippen molar-refractivity contribution in [2.75, 3.05) is 38.3 Å². The first-order chi connectivity index (χ1) is 16.3. The van der Waals surface area contributed by atoms with E-state index in [-0.39, 0.29) is 48.5 Å². The molecule has 2 aromatic rings. The number of fused-ring (bicyclic) bond motifs is 3. The number of nitrogens with zero attached hydrogens (tertiary/aromatic N) is 1. The van der Waals surface area contributed by atoms with Crippen LogP contribution in [0.15, 0.2) is 36.4 Å². The highest BCUT2D eigenvalue weighted by molar-refractivity contribution is 6.30. The molecule has 5 rings (SSSR count). The Hall–Kier alpha value is -2.38. The van der Waals surface area contributed by atoms with Gasteiger partial charge in [-0.25, -0.2) is 13.6 Å². The molecule has 0 bridgehead atoms. The van der Waals surface area contributed by atoms with Crippen molar-refractivity contribution in [3.05, 3.63) is 58.1 Å². The second-order valence-corrected chi connectivity index (χ2v) is 10.2. The number of methoxy groups -OCH3 is 1. The highest BCUT2D eigenvalue weighted by Gasteiger charge is 2.50. The first-order valence-electron chi connectivity index (χ1n) is 11.7. The molecule has 3 aliphatic rings. The fourth-order valence-corrected chi connectivity index (χ4v) is 5.84. The number of esters is 1. The van der Waals surface area contributed by atoms with Gasteiger partial charge in [0.15, 0.2) is 0 Å². The third kappa shape index (κ3) is 3.93. The second-order valence-electron chi connectivity index (χ2n) is 9.80. The van der Waals surface area contributed by atoms with Gasteiger partial charge in [0, 0.05) is 42.1 Å². The highest BCUT2D eigenvalue weighted by Crippen LogP contribution is 2.51. The summed E-state index contributed by atoms with van der Waals surface area (Å²) in [6, 6.07) is 9.91. The van der Waals surface area contributed by atoms with E-state index in [1.165, 1.54) is 13.2 Å². The summed E-state index contributed by atoms with van der Waals surface area (Å²) >= 11 is 6.11. The summed E-state index contributed by atoms with van der Waals surface area (Å²) in [5.74, 6) is -2.30. The largest absolute Gasteiger partial charge is 0.490 e. The zero-order valence-electron chi connectivity index (χ0n) is 19.0. The van der Waals surface area contributed by atoms with Crippen molar-refractivity contribution < 1.29 is 28.2 Å². The predicted molar refractivity (Wildman–Crippen MR) is 125 cm³/mol. The zero-order chi connectivity index (χ0) is 24.1. The minimum absolute atomic E-state index is 0.0344. The van der Waals surface area contributed by atoms with Gasteiger partial charge < -0.3 is 19.5 Å². The van der Waals surface area contributed by atoms with Crippen LogP contribution in [0.4, 0.5) is 14.5 Å². The topological polar surface area (TPSA) is 59.0 Å². The molecular formula is C26H28ClF2NO4. The number of ether oxygens (including phenoxy) is 2. The van der Waals surface area contributed by atoms with Gasteiger partial charge in [0.2, 0.25) is 0 Å². The maximum Gasteiger partial charge on any atom is 0.337 e. The van der Waals surface area contributed by atoms with Gasteiger partial charge in [-0.1, -0.05) is 17.7 Å². The number of aliphatic hydroxyl groups excluding tert-OH is 1. The first kappa shape index (κ1) is 23.4. The molecule has 0 radical (unpaired) electrons. The monoisotopic (exact) mass is 491 g/mol. The summed E-state index contributed by atoms with van der Waals surface area (Å²) in [6.07, 6.45) is 1.94. The highest BCUT2D eigenvalue weighted by atomic mass is 35.5. The number of anilines is 1. The van der Waals surface area contributed by atoms with E-state index in [0.29, 0.717) is 30.0 Å². The zero-order valence-corrected chi connectivity index (χ0v) is 19.8. The average Bonchev–Trinajstić information content (AvgIpc) is 2.97. The van der Waals surface area contributed by atoms with Crippen LogP contribution in [0.25, 0.3) is 0 Å². The molecule has 182 valence electrons. The number of rotatable bonds is 4. The number of aliphatic hydroxyl groups is 1. The van der Waals surface area contributed by atoms with Crippen molar-refractivity contribution in [2.24, 2.45) is 11.8 Å². The van der Waals surface area contributed by atoms with E-state index in [1.807, 2.05) is 0 Å². The second kappa shape index (κ2) is 8.68. The van der Waals surface area contributed by atoms with E-state index in [1.54, 1.807) is 30.3 Å². The summed E-state index contributed by atoms with van der Waals surface area (Å²) in [5, 5.41) is 10.0. The summed E-state index contributed by atoms with van der Waals surface area (Å²) in [7, 11) is 1.34. The van der Waals surface area contributed by atoms with Gasteiger partial charge in [-0.15, -0.1) is 0 Å². The predicted octanol–water partition coefficient (Wildman–Crippen LogP) is 5.17. The molecular weight excluding hydrogens is 464 g/mol. The van der Waals surface area contributed by atoms with E-state index in [0.717, 1.165) is 18.5 Å². The Labute approximate surface area is 202 Å². The van der Waals surface area contributed by atoms with Crippen LogP contribution < -0.4 is 9.64 Å². The van der Waals surface area contributed by atoms with Gasteiger partial charge >= 0.3 is 5.97 Å². The molecule has 0 amide bonds. The van der Waals surface area contributed by atoms with Gasteiger partial charge in [0.05, 0.1) is 25.0 Å². The minimum atomic E-state index is -2.95. The van der Waals surface area contributed by atoms with Crippen molar-refractivity contribution in [1.82, 2.24) is 0 Å². The Bertz CT molecular complexity index is 1110. The summed E-state index contributed by atoms with van der Waals surface area (Å²) in [5.41, 5.74) is 1.01. The fraction of sp³-hybridized carbons (Fsp3) is 0.500. The number of carbonyl (C=O) groups is 1. The molecule has 1 fully saturated rings. The van der Waals surface area contributed by atoms with Crippen molar-refractivity contribution in [1.29, 1.82) is 0 Å². The van der Waals surface area contributed by atoms with Gasteiger partial charge in [-0.2, -0.15) is 0 Å². The van der Waals surface area contributed by atoms with Gasteiger partial charge in [-0.05, 0) is 67.0 Å². The molecule has 2 aromatic carbocycles. The molecule has 8 heteroatoms. The summed E-state index contributed by atoms with van der Waals surface area (Å²) < 4.78 is 41.0. The van der Waals surface area contributed by atoms with Crippen LogP contribution in [-0.4, -0.2) is 44.5 Å². The van der Waals surface area contributed by atoms with E-state index >= 15 is 0 Å². The van der Waals surface area contributed by atoms with E-state index in [2.05, 4.69) is 4.90 Å². The lowest BCUT2D eigenvalue weighted by Crippen LogP contribution is -2.50. The van der Waals surface area contributed by atoms with Crippen molar-refractivity contribution in [3.63, 3.8) is 0 Å². The Morgan fingerprint density at radius 2 is 1.97 bits per heavy atom. The molecule has 1 aliphatic heterocycles. The molecule has 5 nitrogen and oxygen atoms in total. The Kier molecular flexibility index (Phi) is 5.97. The third-order valence-corrected chi connectivity index (χ3v) is 8.08. The quantitative estimate of drug-likeness (QED) is 0.598. The lowest BCUT2D eigenvalue weighted by Gasteiger charge is -2.45. The van der Waals surface area contributed by atoms with Crippen LogP contribution in [0.3, 0.4) is 0 Å². The number of alkyl halides is 2. The maximum atomic E-state index is 14.9. The molecule has 1 spiro atoms. The van der Waals surface area contributed by atoms with Gasteiger partial charge in [-0.3, -0.25) is 0 Å². The van der Waals surface area contributed by atoms with Crippen LogP contribution >= 0.6 is 11.6 Å². The van der Waals surface area contributed by atoms with E-state index < -0.39 is 17.3 Å². The molecule has 0 saturated heterocycles. The Morgan fingerprint density at radius 1 is 1.18 bits per heavy atom.